The van der Waals surface area contributed by atoms with Crippen LogP contribution in [0, 0.1) is 0 Å². The van der Waals surface area contributed by atoms with Crippen LogP contribution in [0.4, 0.5) is 0 Å². The van der Waals surface area contributed by atoms with E-state index >= 15 is 0 Å². The summed E-state index contributed by atoms with van der Waals surface area (Å²) in [7, 11) is 0. The zero-order valence-electron chi connectivity index (χ0n) is 7.99. The molecule has 1 aliphatic carbocycles. The van der Waals surface area contributed by atoms with E-state index in [4.69, 9.17) is 15.2 Å². The van der Waals surface area contributed by atoms with Gasteiger partial charge in [0.25, 0.3) is 0 Å². The Labute approximate surface area is 78.4 Å². The first-order chi connectivity index (χ1) is 6.22. The maximum absolute atomic E-state index is 10.9. The minimum atomic E-state index is -0.289. The van der Waals surface area contributed by atoms with Gasteiger partial charge >= 0.3 is 5.97 Å². The summed E-state index contributed by atoms with van der Waals surface area (Å²) in [5, 5.41) is 0. The monoisotopic (exact) mass is 187 g/mol. The molecule has 2 N–H and O–H groups in total. The highest BCUT2D eigenvalue weighted by Gasteiger charge is 2.22. The van der Waals surface area contributed by atoms with Crippen LogP contribution in [0.1, 0.15) is 26.2 Å². The second-order valence-electron chi connectivity index (χ2n) is 3.31. The fraction of sp³-hybridized carbons (Fsp3) is 0.889. The number of carbonyl (C=O) groups is 1. The van der Waals surface area contributed by atoms with Crippen molar-refractivity contribution in [3.8, 4) is 0 Å². The molecular weight excluding hydrogens is 170 g/mol. The van der Waals surface area contributed by atoms with Crippen LogP contribution in [0.25, 0.3) is 0 Å². The Morgan fingerprint density at radius 2 is 2.31 bits per heavy atom. The summed E-state index contributed by atoms with van der Waals surface area (Å²) in [6.45, 7) is 2.25. The molecule has 0 heterocycles. The summed E-state index contributed by atoms with van der Waals surface area (Å²) in [5.41, 5.74) is 5.69. The Kier molecular flexibility index (Phi) is 4.18. The molecule has 0 aromatic carbocycles. The van der Waals surface area contributed by atoms with Gasteiger partial charge in [0.1, 0.15) is 6.61 Å². The summed E-state index contributed by atoms with van der Waals surface area (Å²) in [4.78, 5) is 10.9. The minimum absolute atomic E-state index is 0.0607. The number of hydrogen-bond acceptors (Lipinski definition) is 4. The Morgan fingerprint density at radius 3 is 2.85 bits per heavy atom. The largest absolute Gasteiger partial charge is 0.464 e. The average Bonchev–Trinajstić information content (AvgIpc) is 2.49. The molecule has 0 unspecified atom stereocenters. The van der Waals surface area contributed by atoms with Crippen LogP contribution in [0.15, 0.2) is 0 Å². The van der Waals surface area contributed by atoms with E-state index in [0.717, 1.165) is 19.3 Å². The van der Waals surface area contributed by atoms with Crippen molar-refractivity contribution in [1.82, 2.24) is 0 Å². The first kappa shape index (κ1) is 10.5. The lowest BCUT2D eigenvalue weighted by atomic mass is 10.3. The number of esters is 1. The molecule has 0 aromatic rings. The van der Waals surface area contributed by atoms with Gasteiger partial charge in [-0.05, 0) is 26.2 Å². The summed E-state index contributed by atoms with van der Waals surface area (Å²) < 4.78 is 10.1. The molecule has 13 heavy (non-hydrogen) atoms. The Morgan fingerprint density at radius 1 is 1.54 bits per heavy atom. The Balaban J connectivity index is 2.09. The van der Waals surface area contributed by atoms with E-state index in [1.54, 1.807) is 6.92 Å². The van der Waals surface area contributed by atoms with Crippen LogP contribution in [-0.4, -0.2) is 31.3 Å². The van der Waals surface area contributed by atoms with Gasteiger partial charge in [-0.3, -0.25) is 0 Å². The van der Waals surface area contributed by atoms with Crippen molar-refractivity contribution in [3.63, 3.8) is 0 Å². The maximum Gasteiger partial charge on any atom is 0.332 e. The van der Waals surface area contributed by atoms with E-state index in [1.807, 2.05) is 0 Å². The van der Waals surface area contributed by atoms with E-state index in [1.165, 1.54) is 0 Å². The molecule has 4 heteroatoms. The third kappa shape index (κ3) is 3.74. The third-order valence-corrected chi connectivity index (χ3v) is 2.17. The number of hydrogen-bond donors (Lipinski definition) is 1. The molecule has 0 aliphatic heterocycles. The predicted octanol–water partition coefficient (Wildman–Crippen LogP) is 0.446. The lowest BCUT2D eigenvalue weighted by Crippen LogP contribution is -2.21. The standard InChI is InChI=1S/C9H17NO3/c1-2-12-9(11)6-13-8-4-3-7(10)5-8/h7-8H,2-6,10H2,1H3/t7-,8+/m0/s1. The van der Waals surface area contributed by atoms with Gasteiger partial charge in [0.15, 0.2) is 0 Å². The second-order valence-corrected chi connectivity index (χ2v) is 3.31. The van der Waals surface area contributed by atoms with Crippen LogP contribution >= 0.6 is 0 Å². The SMILES string of the molecule is CCOC(=O)CO[C@@H]1CC[C@H](N)C1. The van der Waals surface area contributed by atoms with Gasteiger partial charge in [0.2, 0.25) is 0 Å². The smallest absolute Gasteiger partial charge is 0.332 e. The molecule has 2 atom stereocenters. The van der Waals surface area contributed by atoms with Crippen molar-refractivity contribution >= 4 is 5.97 Å². The molecule has 1 aliphatic rings. The van der Waals surface area contributed by atoms with Crippen LogP contribution in [0.2, 0.25) is 0 Å². The van der Waals surface area contributed by atoms with E-state index < -0.39 is 0 Å². The number of carbonyl (C=O) groups excluding carboxylic acids is 1. The van der Waals surface area contributed by atoms with Crippen LogP contribution in [0.3, 0.4) is 0 Å². The molecule has 0 bridgehead atoms. The quantitative estimate of drug-likeness (QED) is 0.649. The Hall–Kier alpha value is -0.610. The van der Waals surface area contributed by atoms with Gasteiger partial charge in [-0.1, -0.05) is 0 Å². The van der Waals surface area contributed by atoms with Gasteiger partial charge < -0.3 is 15.2 Å². The molecule has 1 rings (SSSR count). The molecule has 1 fully saturated rings. The topological polar surface area (TPSA) is 61.5 Å². The van der Waals surface area contributed by atoms with Crippen molar-refractivity contribution < 1.29 is 14.3 Å². The number of rotatable bonds is 4. The molecule has 4 nitrogen and oxygen atoms in total. The third-order valence-electron chi connectivity index (χ3n) is 2.17. The average molecular weight is 187 g/mol. The van der Waals surface area contributed by atoms with Crippen molar-refractivity contribution in [1.29, 1.82) is 0 Å². The lowest BCUT2D eigenvalue weighted by Gasteiger charge is -2.10. The summed E-state index contributed by atoms with van der Waals surface area (Å²) in [6.07, 6.45) is 2.97. The fourth-order valence-electron chi connectivity index (χ4n) is 1.51. The summed E-state index contributed by atoms with van der Waals surface area (Å²) in [6, 6.07) is 0.243. The van der Waals surface area contributed by atoms with E-state index in [-0.39, 0.29) is 24.7 Å². The highest BCUT2D eigenvalue weighted by molar-refractivity contribution is 5.70. The van der Waals surface area contributed by atoms with Gasteiger partial charge in [-0.15, -0.1) is 0 Å². The van der Waals surface area contributed by atoms with Gasteiger partial charge in [0.05, 0.1) is 12.7 Å². The molecule has 76 valence electrons. The molecule has 0 radical (unpaired) electrons. The Bertz CT molecular complexity index is 172. The maximum atomic E-state index is 10.9. The zero-order chi connectivity index (χ0) is 9.68. The first-order valence-electron chi connectivity index (χ1n) is 4.75. The molecular formula is C9H17NO3. The number of nitrogens with two attached hydrogens (primary N) is 1. The highest BCUT2D eigenvalue weighted by Crippen LogP contribution is 2.19. The predicted molar refractivity (Wildman–Crippen MR) is 48.2 cm³/mol. The van der Waals surface area contributed by atoms with Crippen molar-refractivity contribution in [2.24, 2.45) is 5.73 Å². The van der Waals surface area contributed by atoms with Gasteiger partial charge in [-0.25, -0.2) is 4.79 Å². The minimum Gasteiger partial charge on any atom is -0.464 e. The normalized spacial score (nSPS) is 27.5. The van der Waals surface area contributed by atoms with Gasteiger partial charge in [0, 0.05) is 6.04 Å². The van der Waals surface area contributed by atoms with Crippen LogP contribution < -0.4 is 5.73 Å². The van der Waals surface area contributed by atoms with Crippen LogP contribution in [0.5, 0.6) is 0 Å². The molecule has 0 spiro atoms. The lowest BCUT2D eigenvalue weighted by molar-refractivity contribution is -0.150. The zero-order valence-corrected chi connectivity index (χ0v) is 7.99. The number of ether oxygens (including phenoxy) is 2. The molecule has 1 saturated carbocycles. The highest BCUT2D eigenvalue weighted by atomic mass is 16.6. The molecule has 0 amide bonds. The van der Waals surface area contributed by atoms with Crippen LogP contribution in [-0.2, 0) is 14.3 Å². The molecule has 0 aromatic heterocycles. The van der Waals surface area contributed by atoms with Crippen molar-refractivity contribution in [2.75, 3.05) is 13.2 Å². The van der Waals surface area contributed by atoms with E-state index in [2.05, 4.69) is 0 Å². The van der Waals surface area contributed by atoms with E-state index in [0.29, 0.717) is 6.61 Å². The first-order valence-corrected chi connectivity index (χ1v) is 4.75. The summed E-state index contributed by atoms with van der Waals surface area (Å²) >= 11 is 0. The molecule has 0 saturated heterocycles. The van der Waals surface area contributed by atoms with Crippen molar-refractivity contribution in [3.05, 3.63) is 0 Å². The van der Waals surface area contributed by atoms with Gasteiger partial charge in [-0.2, -0.15) is 0 Å². The second kappa shape index (κ2) is 5.19. The fourth-order valence-corrected chi connectivity index (χ4v) is 1.51. The van der Waals surface area contributed by atoms with Crippen molar-refractivity contribution in [2.45, 2.75) is 38.3 Å². The summed E-state index contributed by atoms with van der Waals surface area (Å²) in [5.74, 6) is -0.289. The van der Waals surface area contributed by atoms with E-state index in [9.17, 15) is 4.79 Å².